The van der Waals surface area contributed by atoms with Gasteiger partial charge in [-0.1, -0.05) is 12.1 Å². The van der Waals surface area contributed by atoms with Crippen molar-refractivity contribution >= 4 is 0 Å². The first-order valence-corrected chi connectivity index (χ1v) is 7.15. The van der Waals surface area contributed by atoms with Crippen molar-refractivity contribution in [3.63, 3.8) is 0 Å². The van der Waals surface area contributed by atoms with Gasteiger partial charge in [-0.25, -0.2) is 0 Å². The average Bonchev–Trinajstić information content (AvgIpc) is 2.69. The molecule has 1 aliphatic heterocycles. The molecule has 19 heavy (non-hydrogen) atoms. The molecule has 1 aliphatic carbocycles. The van der Waals surface area contributed by atoms with E-state index in [1.165, 1.54) is 18.5 Å². The molecule has 1 heterocycles. The number of hydrogen-bond acceptors (Lipinski definition) is 3. The van der Waals surface area contributed by atoms with E-state index >= 15 is 0 Å². The predicted octanol–water partition coefficient (Wildman–Crippen LogP) is 2.30. The number of hydrogen-bond donors (Lipinski definition) is 0. The molecule has 3 atom stereocenters. The SMILES string of the molecule is CCO[C@@H]1CC2CN(C)C[C@]21c1cccc(OC)c1. The molecule has 1 aromatic carbocycles. The van der Waals surface area contributed by atoms with E-state index in [4.69, 9.17) is 9.47 Å². The summed E-state index contributed by atoms with van der Waals surface area (Å²) < 4.78 is 11.4. The van der Waals surface area contributed by atoms with Crippen LogP contribution in [0, 0.1) is 5.92 Å². The minimum absolute atomic E-state index is 0.180. The topological polar surface area (TPSA) is 21.7 Å². The summed E-state index contributed by atoms with van der Waals surface area (Å²) in [7, 11) is 3.94. The van der Waals surface area contributed by atoms with E-state index < -0.39 is 0 Å². The van der Waals surface area contributed by atoms with Crippen LogP contribution in [0.25, 0.3) is 0 Å². The van der Waals surface area contributed by atoms with Gasteiger partial charge >= 0.3 is 0 Å². The Morgan fingerprint density at radius 3 is 2.95 bits per heavy atom. The Morgan fingerprint density at radius 2 is 2.26 bits per heavy atom. The van der Waals surface area contributed by atoms with E-state index in [1.54, 1.807) is 7.11 Å². The second-order valence-corrected chi connectivity index (χ2v) is 5.85. The van der Waals surface area contributed by atoms with Crippen LogP contribution in [0.1, 0.15) is 18.9 Å². The number of benzene rings is 1. The first kappa shape index (κ1) is 12.9. The van der Waals surface area contributed by atoms with Gasteiger partial charge in [0.1, 0.15) is 5.75 Å². The van der Waals surface area contributed by atoms with Gasteiger partial charge < -0.3 is 14.4 Å². The zero-order valence-electron chi connectivity index (χ0n) is 12.1. The molecule has 0 N–H and O–H groups in total. The van der Waals surface area contributed by atoms with Crippen LogP contribution in [0.3, 0.4) is 0 Å². The normalized spacial score (nSPS) is 33.8. The molecule has 1 aromatic rings. The summed E-state index contributed by atoms with van der Waals surface area (Å²) in [6, 6.07) is 8.54. The molecule has 2 fully saturated rings. The highest BCUT2D eigenvalue weighted by atomic mass is 16.5. The van der Waals surface area contributed by atoms with Crippen molar-refractivity contribution in [3.05, 3.63) is 29.8 Å². The molecule has 0 bridgehead atoms. The minimum atomic E-state index is 0.180. The molecule has 2 aliphatic rings. The van der Waals surface area contributed by atoms with Gasteiger partial charge in [0.15, 0.2) is 0 Å². The van der Waals surface area contributed by atoms with E-state index in [2.05, 4.69) is 37.1 Å². The van der Waals surface area contributed by atoms with E-state index in [0.717, 1.165) is 24.8 Å². The monoisotopic (exact) mass is 261 g/mol. The maximum atomic E-state index is 6.00. The number of likely N-dealkylation sites (N-methyl/N-ethyl adjacent to an activating group) is 1. The third kappa shape index (κ3) is 1.87. The maximum Gasteiger partial charge on any atom is 0.119 e. The second kappa shape index (κ2) is 4.80. The van der Waals surface area contributed by atoms with Crippen LogP contribution in [-0.4, -0.2) is 44.9 Å². The van der Waals surface area contributed by atoms with Crippen LogP contribution in [-0.2, 0) is 10.2 Å². The van der Waals surface area contributed by atoms with Crippen molar-refractivity contribution < 1.29 is 9.47 Å². The third-order valence-electron chi connectivity index (χ3n) is 4.84. The number of rotatable bonds is 4. The lowest BCUT2D eigenvalue weighted by atomic mass is 9.56. The molecule has 1 saturated carbocycles. The molecule has 3 rings (SSSR count). The third-order valence-corrected chi connectivity index (χ3v) is 4.84. The molecule has 0 amide bonds. The van der Waals surface area contributed by atoms with Crippen LogP contribution in [0.4, 0.5) is 0 Å². The fourth-order valence-corrected chi connectivity index (χ4v) is 3.98. The zero-order valence-corrected chi connectivity index (χ0v) is 12.1. The fourth-order valence-electron chi connectivity index (χ4n) is 3.98. The molecular weight excluding hydrogens is 238 g/mol. The van der Waals surface area contributed by atoms with E-state index in [1.807, 2.05) is 6.07 Å². The summed E-state index contributed by atoms with van der Waals surface area (Å²) in [5, 5.41) is 0. The van der Waals surface area contributed by atoms with Crippen LogP contribution in [0.15, 0.2) is 24.3 Å². The lowest BCUT2D eigenvalue weighted by Crippen LogP contribution is -2.57. The molecule has 1 unspecified atom stereocenters. The molecular formula is C16H23NO2. The highest BCUT2D eigenvalue weighted by molar-refractivity contribution is 5.40. The van der Waals surface area contributed by atoms with Crippen molar-refractivity contribution in [3.8, 4) is 5.75 Å². The number of methoxy groups -OCH3 is 1. The summed E-state index contributed by atoms with van der Waals surface area (Å²) in [6.07, 6.45) is 1.55. The van der Waals surface area contributed by atoms with Crippen molar-refractivity contribution in [2.75, 3.05) is 33.9 Å². The molecule has 3 heteroatoms. The van der Waals surface area contributed by atoms with Crippen molar-refractivity contribution in [2.45, 2.75) is 24.9 Å². The molecule has 1 saturated heterocycles. The molecule has 104 valence electrons. The smallest absolute Gasteiger partial charge is 0.119 e. The predicted molar refractivity (Wildman–Crippen MR) is 75.7 cm³/mol. The van der Waals surface area contributed by atoms with Gasteiger partial charge in [0.2, 0.25) is 0 Å². The quantitative estimate of drug-likeness (QED) is 0.830. The first-order valence-electron chi connectivity index (χ1n) is 7.15. The van der Waals surface area contributed by atoms with Gasteiger partial charge in [-0.3, -0.25) is 0 Å². The lowest BCUT2D eigenvalue weighted by molar-refractivity contribution is -0.0848. The van der Waals surface area contributed by atoms with Crippen LogP contribution in [0.2, 0.25) is 0 Å². The Labute approximate surface area is 115 Å². The van der Waals surface area contributed by atoms with Crippen molar-refractivity contribution in [2.24, 2.45) is 5.92 Å². The molecule has 0 radical (unpaired) electrons. The lowest BCUT2D eigenvalue weighted by Gasteiger charge is -2.51. The summed E-state index contributed by atoms with van der Waals surface area (Å²) in [4.78, 5) is 2.43. The Morgan fingerprint density at radius 1 is 1.42 bits per heavy atom. The standard InChI is InChI=1S/C16H23NO2/c1-4-19-15-9-13-10-17(2)11-16(13,15)12-6-5-7-14(8-12)18-3/h5-8,13,15H,4,9-11H2,1-3H3/t13?,15-,16+/m1/s1. The summed E-state index contributed by atoms with van der Waals surface area (Å²) in [5.74, 6) is 1.67. The second-order valence-electron chi connectivity index (χ2n) is 5.85. The highest BCUT2D eigenvalue weighted by Crippen LogP contribution is 2.55. The van der Waals surface area contributed by atoms with Crippen LogP contribution in [0.5, 0.6) is 5.75 Å². The van der Waals surface area contributed by atoms with E-state index in [0.29, 0.717) is 6.10 Å². The Hall–Kier alpha value is -1.06. The zero-order chi connectivity index (χ0) is 13.5. The van der Waals surface area contributed by atoms with Crippen LogP contribution < -0.4 is 4.74 Å². The first-order chi connectivity index (χ1) is 9.20. The Kier molecular flexibility index (Phi) is 3.27. The van der Waals surface area contributed by atoms with Gasteiger partial charge in [0.25, 0.3) is 0 Å². The van der Waals surface area contributed by atoms with E-state index in [-0.39, 0.29) is 5.41 Å². The fraction of sp³-hybridized carbons (Fsp3) is 0.625. The van der Waals surface area contributed by atoms with Gasteiger partial charge in [-0.2, -0.15) is 0 Å². The molecule has 0 spiro atoms. The number of nitrogens with zero attached hydrogens (tertiary/aromatic N) is 1. The van der Waals surface area contributed by atoms with Gasteiger partial charge in [-0.15, -0.1) is 0 Å². The van der Waals surface area contributed by atoms with Gasteiger partial charge in [0.05, 0.1) is 13.2 Å². The maximum absolute atomic E-state index is 6.00. The van der Waals surface area contributed by atoms with Crippen molar-refractivity contribution in [1.29, 1.82) is 0 Å². The van der Waals surface area contributed by atoms with E-state index in [9.17, 15) is 0 Å². The van der Waals surface area contributed by atoms with Crippen LogP contribution >= 0.6 is 0 Å². The summed E-state index contributed by atoms with van der Waals surface area (Å²) >= 11 is 0. The number of likely N-dealkylation sites (tertiary alicyclic amines) is 1. The minimum Gasteiger partial charge on any atom is -0.497 e. The molecule has 0 aromatic heterocycles. The Balaban J connectivity index is 1.97. The van der Waals surface area contributed by atoms with Gasteiger partial charge in [0, 0.05) is 25.1 Å². The highest BCUT2D eigenvalue weighted by Gasteiger charge is 2.60. The average molecular weight is 261 g/mol. The largest absolute Gasteiger partial charge is 0.497 e. The summed E-state index contributed by atoms with van der Waals surface area (Å²) in [6.45, 7) is 5.16. The van der Waals surface area contributed by atoms with Gasteiger partial charge in [-0.05, 0) is 44.0 Å². The number of ether oxygens (including phenoxy) is 2. The molecule has 3 nitrogen and oxygen atoms in total. The van der Waals surface area contributed by atoms with Crippen molar-refractivity contribution in [1.82, 2.24) is 4.90 Å². The number of fused-ring (bicyclic) bond motifs is 1. The summed E-state index contributed by atoms with van der Waals surface area (Å²) in [5.41, 5.74) is 1.56. The Bertz CT molecular complexity index is 462.